The van der Waals surface area contributed by atoms with Crippen LogP contribution >= 0.6 is 11.6 Å². The Morgan fingerprint density at radius 3 is 2.38 bits per heavy atom. The van der Waals surface area contributed by atoms with Crippen molar-refractivity contribution in [2.24, 2.45) is 46.3 Å². The molecule has 1 nitrogen and oxygen atoms in total. The molecule has 0 aliphatic heterocycles. The van der Waals surface area contributed by atoms with Crippen LogP contribution in [0.1, 0.15) is 112 Å². The van der Waals surface area contributed by atoms with E-state index in [0.717, 1.165) is 30.1 Å². The summed E-state index contributed by atoms with van der Waals surface area (Å²) >= 11 is 7.77. The fourth-order valence-corrected chi connectivity index (χ4v) is 9.83. The molecule has 0 amide bonds. The molecular formula is C27H47ClO. The molecule has 29 heavy (non-hydrogen) atoms. The van der Waals surface area contributed by atoms with E-state index in [0.29, 0.717) is 11.8 Å². The number of halogens is 1. The molecule has 168 valence electrons. The topological polar surface area (TPSA) is 20.2 Å². The molecule has 0 heterocycles. The monoisotopic (exact) mass is 422 g/mol. The van der Waals surface area contributed by atoms with Gasteiger partial charge < -0.3 is 5.11 Å². The van der Waals surface area contributed by atoms with Crippen LogP contribution in [-0.2, 0) is 0 Å². The lowest BCUT2D eigenvalue weighted by molar-refractivity contribution is -0.158. The second-order valence-electron chi connectivity index (χ2n) is 12.6. The fraction of sp³-hybridized carbons (Fsp3) is 1.00. The zero-order valence-electron chi connectivity index (χ0n) is 19.9. The van der Waals surface area contributed by atoms with Crippen LogP contribution in [0.2, 0.25) is 0 Å². The van der Waals surface area contributed by atoms with Crippen LogP contribution in [0.5, 0.6) is 0 Å². The smallest absolute Gasteiger partial charge is 0.0599 e. The van der Waals surface area contributed by atoms with Gasteiger partial charge in [0.2, 0.25) is 0 Å². The Labute approximate surface area is 185 Å². The Morgan fingerprint density at radius 1 is 0.897 bits per heavy atom. The highest BCUT2D eigenvalue weighted by atomic mass is 35.5. The van der Waals surface area contributed by atoms with Crippen molar-refractivity contribution >= 4 is 11.6 Å². The minimum Gasteiger partial charge on any atom is -0.393 e. The summed E-state index contributed by atoms with van der Waals surface area (Å²) in [5.41, 5.74) is 0.404. The normalized spacial score (nSPS) is 50.7. The largest absolute Gasteiger partial charge is 0.393 e. The zero-order valence-corrected chi connectivity index (χ0v) is 20.6. The van der Waals surface area contributed by atoms with E-state index in [-0.39, 0.29) is 21.8 Å². The van der Waals surface area contributed by atoms with E-state index in [4.69, 9.17) is 11.6 Å². The van der Waals surface area contributed by atoms with Crippen LogP contribution in [0.4, 0.5) is 0 Å². The molecule has 0 saturated heterocycles. The number of aliphatic hydroxyl groups is 1. The van der Waals surface area contributed by atoms with Crippen molar-refractivity contribution < 1.29 is 5.11 Å². The molecular weight excluding hydrogens is 376 g/mol. The molecule has 9 atom stereocenters. The fourth-order valence-electron chi connectivity index (χ4n) is 9.23. The number of hydrogen-bond acceptors (Lipinski definition) is 1. The van der Waals surface area contributed by atoms with Crippen LogP contribution in [-0.4, -0.2) is 16.1 Å². The molecule has 0 aromatic heterocycles. The van der Waals surface area contributed by atoms with E-state index < -0.39 is 0 Å². The van der Waals surface area contributed by atoms with Gasteiger partial charge >= 0.3 is 0 Å². The number of fused-ring (bicyclic) bond motifs is 5. The van der Waals surface area contributed by atoms with Gasteiger partial charge in [-0.3, -0.25) is 0 Å². The summed E-state index contributed by atoms with van der Waals surface area (Å²) in [6.07, 6.45) is 15.3. The second kappa shape index (κ2) is 7.99. The summed E-state index contributed by atoms with van der Waals surface area (Å²) in [6.45, 7) is 12.2. The van der Waals surface area contributed by atoms with Gasteiger partial charge in [0.05, 0.1) is 11.0 Å². The highest BCUT2D eigenvalue weighted by molar-refractivity contribution is 6.25. The maximum atomic E-state index is 11.1. The number of alkyl halides is 1. The molecule has 4 saturated carbocycles. The maximum Gasteiger partial charge on any atom is 0.0599 e. The molecule has 4 fully saturated rings. The van der Waals surface area contributed by atoms with Crippen LogP contribution in [0.15, 0.2) is 0 Å². The highest BCUT2D eigenvalue weighted by Crippen LogP contribution is 2.72. The average Bonchev–Trinajstić information content (AvgIpc) is 2.94. The van der Waals surface area contributed by atoms with E-state index in [1.54, 1.807) is 0 Å². The zero-order chi connectivity index (χ0) is 21.0. The summed E-state index contributed by atoms with van der Waals surface area (Å²) in [5, 5.41) is 11.1. The predicted molar refractivity (Wildman–Crippen MR) is 124 cm³/mol. The molecule has 4 aliphatic rings. The molecule has 0 spiro atoms. The molecule has 1 N–H and O–H groups in total. The van der Waals surface area contributed by atoms with Gasteiger partial charge in [0.15, 0.2) is 0 Å². The highest BCUT2D eigenvalue weighted by Gasteiger charge is 2.68. The lowest BCUT2D eigenvalue weighted by Gasteiger charge is -2.64. The SMILES string of the molecule is CC(C)CCC[C@@H](C)[C@H]1CC[C@]2(Cl)[C@@H]3CC[C@H]4CCCC(O)[C@]4(C)[C@H]3CC[C@]12C. The Hall–Kier alpha value is 0.250. The third-order valence-corrected chi connectivity index (χ3v) is 11.9. The Kier molecular flexibility index (Phi) is 6.18. The van der Waals surface area contributed by atoms with Gasteiger partial charge in [-0.2, -0.15) is 0 Å². The number of hydrogen-bond donors (Lipinski definition) is 1. The molecule has 4 rings (SSSR count). The van der Waals surface area contributed by atoms with Gasteiger partial charge in [0, 0.05) is 0 Å². The molecule has 4 aliphatic carbocycles. The van der Waals surface area contributed by atoms with Crippen LogP contribution < -0.4 is 0 Å². The van der Waals surface area contributed by atoms with Crippen molar-refractivity contribution in [1.82, 2.24) is 0 Å². The van der Waals surface area contributed by atoms with Gasteiger partial charge in [0.25, 0.3) is 0 Å². The van der Waals surface area contributed by atoms with Crippen molar-refractivity contribution in [2.45, 2.75) is 123 Å². The Morgan fingerprint density at radius 2 is 1.66 bits per heavy atom. The minimum atomic E-state index is -0.106. The number of rotatable bonds is 5. The minimum absolute atomic E-state index is 0.0297. The summed E-state index contributed by atoms with van der Waals surface area (Å²) in [5.74, 6) is 4.38. The van der Waals surface area contributed by atoms with Crippen molar-refractivity contribution in [1.29, 1.82) is 0 Å². The summed E-state index contributed by atoms with van der Waals surface area (Å²) in [4.78, 5) is -0.0297. The lowest BCUT2D eigenvalue weighted by atomic mass is 9.43. The van der Waals surface area contributed by atoms with Gasteiger partial charge in [-0.15, -0.1) is 11.6 Å². The molecule has 1 unspecified atom stereocenters. The van der Waals surface area contributed by atoms with E-state index in [9.17, 15) is 5.11 Å². The van der Waals surface area contributed by atoms with Gasteiger partial charge in [-0.1, -0.05) is 60.3 Å². The van der Waals surface area contributed by atoms with E-state index in [2.05, 4.69) is 34.6 Å². The summed E-state index contributed by atoms with van der Waals surface area (Å²) < 4.78 is 0. The third-order valence-electron chi connectivity index (χ3n) is 11.0. The Balaban J connectivity index is 1.55. The first-order chi connectivity index (χ1) is 13.6. The number of aliphatic hydroxyl groups excluding tert-OH is 1. The van der Waals surface area contributed by atoms with Gasteiger partial charge in [0.1, 0.15) is 0 Å². The first-order valence-electron chi connectivity index (χ1n) is 13.0. The van der Waals surface area contributed by atoms with E-state index >= 15 is 0 Å². The molecule has 2 heteroatoms. The first-order valence-corrected chi connectivity index (χ1v) is 13.4. The molecule has 0 bridgehead atoms. The van der Waals surface area contributed by atoms with Crippen molar-refractivity contribution in [3.05, 3.63) is 0 Å². The first kappa shape index (κ1) is 22.4. The molecule has 0 aromatic rings. The van der Waals surface area contributed by atoms with Crippen molar-refractivity contribution in [3.63, 3.8) is 0 Å². The third kappa shape index (κ3) is 3.35. The molecule has 0 aromatic carbocycles. The Bertz CT molecular complexity index is 589. The van der Waals surface area contributed by atoms with Crippen LogP contribution in [0.25, 0.3) is 0 Å². The van der Waals surface area contributed by atoms with Crippen molar-refractivity contribution in [3.8, 4) is 0 Å². The maximum absolute atomic E-state index is 11.1. The van der Waals surface area contributed by atoms with Gasteiger partial charge in [-0.05, 0) is 97.7 Å². The standard InChI is InChI=1S/C27H47ClO/c1-18(2)8-6-9-19(3)21-15-17-27(28)23-13-12-20-10-7-11-24(29)26(20,5)22(23)14-16-25(21,27)4/h18-24,29H,6-17H2,1-5H3/t19-,20-,21-,22+,23-,24?,25-,26+,27+/m1/s1. The van der Waals surface area contributed by atoms with Crippen LogP contribution in [0.3, 0.4) is 0 Å². The quantitative estimate of drug-likeness (QED) is 0.447. The second-order valence-corrected chi connectivity index (χ2v) is 13.2. The van der Waals surface area contributed by atoms with Gasteiger partial charge in [-0.25, -0.2) is 0 Å². The van der Waals surface area contributed by atoms with E-state index in [1.807, 2.05) is 0 Å². The predicted octanol–water partition coefficient (Wildman–Crippen LogP) is 7.83. The lowest BCUT2D eigenvalue weighted by Crippen LogP contribution is -2.62. The average molecular weight is 423 g/mol. The molecule has 0 radical (unpaired) electrons. The van der Waals surface area contributed by atoms with Crippen LogP contribution in [0, 0.1) is 46.3 Å². The van der Waals surface area contributed by atoms with Crippen molar-refractivity contribution in [2.75, 3.05) is 0 Å². The summed E-state index contributed by atoms with van der Waals surface area (Å²) in [7, 11) is 0. The summed E-state index contributed by atoms with van der Waals surface area (Å²) in [6, 6.07) is 0. The van der Waals surface area contributed by atoms with E-state index in [1.165, 1.54) is 70.6 Å².